The molecule has 0 aliphatic carbocycles. The van der Waals surface area contributed by atoms with Crippen LogP contribution >= 0.6 is 0 Å². The van der Waals surface area contributed by atoms with E-state index in [-0.39, 0.29) is 6.04 Å². The first-order valence-corrected chi connectivity index (χ1v) is 9.10. The summed E-state index contributed by atoms with van der Waals surface area (Å²) >= 11 is 0. The Balaban J connectivity index is 1.63. The van der Waals surface area contributed by atoms with E-state index in [0.717, 1.165) is 19.5 Å². The molecule has 1 saturated heterocycles. The second-order valence-electron chi connectivity index (χ2n) is 6.01. The third kappa shape index (κ3) is 3.05. The highest BCUT2D eigenvalue weighted by atomic mass is 32.2. The molecule has 2 atom stereocenters. The Labute approximate surface area is 121 Å². The second kappa shape index (κ2) is 5.47. The molecule has 2 aliphatic rings. The van der Waals surface area contributed by atoms with E-state index >= 15 is 0 Å². The molecule has 2 unspecified atom stereocenters. The summed E-state index contributed by atoms with van der Waals surface area (Å²) in [5.74, 6) is 0.608. The first kappa shape index (κ1) is 14.0. The van der Waals surface area contributed by atoms with E-state index in [4.69, 9.17) is 0 Å². The van der Waals surface area contributed by atoms with E-state index in [9.17, 15) is 8.42 Å². The van der Waals surface area contributed by atoms with E-state index < -0.39 is 9.84 Å². The van der Waals surface area contributed by atoms with Crippen molar-refractivity contribution in [3.05, 3.63) is 35.4 Å². The zero-order chi connectivity index (χ0) is 14.2. The Bertz CT molecular complexity index is 585. The minimum absolute atomic E-state index is 0.132. The molecule has 2 heterocycles. The molecule has 1 fully saturated rings. The van der Waals surface area contributed by atoms with Gasteiger partial charge in [-0.3, -0.25) is 4.90 Å². The molecule has 2 aliphatic heterocycles. The Morgan fingerprint density at radius 1 is 1.30 bits per heavy atom. The van der Waals surface area contributed by atoms with Crippen molar-refractivity contribution in [1.29, 1.82) is 0 Å². The molecule has 5 heteroatoms. The van der Waals surface area contributed by atoms with E-state index in [2.05, 4.69) is 34.5 Å². The summed E-state index contributed by atoms with van der Waals surface area (Å²) in [6.07, 6.45) is 1.03. The maximum atomic E-state index is 11.6. The lowest BCUT2D eigenvalue weighted by Crippen LogP contribution is -2.53. The van der Waals surface area contributed by atoms with Crippen molar-refractivity contribution in [3.63, 3.8) is 0 Å². The minimum atomic E-state index is -2.82. The number of rotatable bonds is 2. The smallest absolute Gasteiger partial charge is 0.153 e. The molecule has 0 bridgehead atoms. The van der Waals surface area contributed by atoms with Crippen LogP contribution in [0.4, 0.5) is 0 Å². The average Bonchev–Trinajstić information content (AvgIpc) is 2.41. The lowest BCUT2D eigenvalue weighted by molar-refractivity contribution is 0.197. The zero-order valence-corrected chi connectivity index (χ0v) is 12.7. The molecule has 4 nitrogen and oxygen atoms in total. The highest BCUT2D eigenvalue weighted by molar-refractivity contribution is 7.91. The van der Waals surface area contributed by atoms with Crippen molar-refractivity contribution in [2.24, 2.45) is 0 Å². The van der Waals surface area contributed by atoms with Crippen LogP contribution in [0, 0.1) is 0 Å². The van der Waals surface area contributed by atoms with Crippen LogP contribution in [-0.4, -0.2) is 50.0 Å². The molecule has 1 aromatic carbocycles. The van der Waals surface area contributed by atoms with Crippen molar-refractivity contribution in [1.82, 2.24) is 10.2 Å². The molecule has 1 N–H and O–H groups in total. The molecule has 3 rings (SSSR count). The van der Waals surface area contributed by atoms with Gasteiger partial charge in [0.25, 0.3) is 0 Å². The molecule has 110 valence electrons. The fraction of sp³-hybridized carbons (Fsp3) is 0.600. The van der Waals surface area contributed by atoms with Gasteiger partial charge in [0, 0.05) is 31.7 Å². The lowest BCUT2D eigenvalue weighted by Gasteiger charge is -2.37. The highest BCUT2D eigenvalue weighted by Crippen LogP contribution is 2.19. The Morgan fingerprint density at radius 3 is 2.80 bits per heavy atom. The van der Waals surface area contributed by atoms with Gasteiger partial charge in [-0.05, 0) is 24.5 Å². The van der Waals surface area contributed by atoms with Gasteiger partial charge in [-0.2, -0.15) is 0 Å². The first-order chi connectivity index (χ1) is 9.53. The van der Waals surface area contributed by atoms with Gasteiger partial charge in [-0.1, -0.05) is 24.3 Å². The summed E-state index contributed by atoms with van der Waals surface area (Å²) in [6.45, 7) is 4.54. The van der Waals surface area contributed by atoms with Gasteiger partial charge < -0.3 is 5.32 Å². The summed E-state index contributed by atoms with van der Waals surface area (Å²) in [7, 11) is -2.82. The van der Waals surface area contributed by atoms with E-state index in [0.29, 0.717) is 24.1 Å². The van der Waals surface area contributed by atoms with Gasteiger partial charge in [-0.15, -0.1) is 0 Å². The molecular formula is C15H22N2O2S. The number of nitrogens with one attached hydrogen (secondary N) is 1. The Hall–Kier alpha value is -0.910. The number of benzene rings is 1. The maximum Gasteiger partial charge on any atom is 0.153 e. The van der Waals surface area contributed by atoms with Crippen LogP contribution in [0.25, 0.3) is 0 Å². The van der Waals surface area contributed by atoms with Gasteiger partial charge >= 0.3 is 0 Å². The van der Waals surface area contributed by atoms with Crippen LogP contribution in [0.1, 0.15) is 18.1 Å². The lowest BCUT2D eigenvalue weighted by atomic mass is 9.95. The summed E-state index contributed by atoms with van der Waals surface area (Å²) in [5, 5.41) is 3.57. The Kier molecular flexibility index (Phi) is 3.84. The summed E-state index contributed by atoms with van der Waals surface area (Å²) in [6, 6.07) is 9.11. The van der Waals surface area contributed by atoms with Crippen molar-refractivity contribution in [2.75, 3.05) is 24.6 Å². The number of sulfone groups is 1. The van der Waals surface area contributed by atoms with Crippen molar-refractivity contribution in [2.45, 2.75) is 32.0 Å². The molecule has 0 amide bonds. The molecule has 0 radical (unpaired) electrons. The summed E-state index contributed by atoms with van der Waals surface area (Å²) < 4.78 is 23.2. The van der Waals surface area contributed by atoms with Crippen LogP contribution in [0.3, 0.4) is 0 Å². The monoisotopic (exact) mass is 294 g/mol. The van der Waals surface area contributed by atoms with E-state index in [1.165, 1.54) is 11.1 Å². The standard InChI is InChI=1S/C15H22N2O2S/c1-12-11-20(18,19)7-6-17(12)10-15-8-13-4-2-3-5-14(13)9-16-15/h2-5,12,15-16H,6-11H2,1H3. The largest absolute Gasteiger partial charge is 0.308 e. The van der Waals surface area contributed by atoms with Crippen LogP contribution < -0.4 is 5.32 Å². The topological polar surface area (TPSA) is 49.4 Å². The minimum Gasteiger partial charge on any atom is -0.308 e. The van der Waals surface area contributed by atoms with Gasteiger partial charge in [0.15, 0.2) is 9.84 Å². The third-order valence-corrected chi connectivity index (χ3v) is 6.22. The quantitative estimate of drug-likeness (QED) is 0.877. The molecule has 0 spiro atoms. The van der Waals surface area contributed by atoms with Gasteiger partial charge in [0.1, 0.15) is 0 Å². The predicted molar refractivity (Wildman–Crippen MR) is 80.5 cm³/mol. The highest BCUT2D eigenvalue weighted by Gasteiger charge is 2.30. The summed E-state index contributed by atoms with van der Waals surface area (Å²) in [5.41, 5.74) is 2.81. The average molecular weight is 294 g/mol. The zero-order valence-electron chi connectivity index (χ0n) is 11.9. The predicted octanol–water partition coefficient (Wildman–Crippen LogP) is 0.820. The van der Waals surface area contributed by atoms with Gasteiger partial charge in [0.05, 0.1) is 11.5 Å². The van der Waals surface area contributed by atoms with Crippen molar-refractivity contribution < 1.29 is 8.42 Å². The van der Waals surface area contributed by atoms with Crippen LogP contribution in [-0.2, 0) is 22.8 Å². The number of hydrogen-bond donors (Lipinski definition) is 1. The molecule has 20 heavy (non-hydrogen) atoms. The number of nitrogens with zero attached hydrogens (tertiary/aromatic N) is 1. The fourth-order valence-electron chi connectivity index (χ4n) is 3.24. The summed E-state index contributed by atoms with van der Waals surface area (Å²) in [4.78, 5) is 2.31. The van der Waals surface area contributed by atoms with Crippen LogP contribution in [0.15, 0.2) is 24.3 Å². The third-order valence-electron chi connectivity index (χ3n) is 4.43. The number of fused-ring (bicyclic) bond motifs is 1. The maximum absolute atomic E-state index is 11.6. The second-order valence-corrected chi connectivity index (χ2v) is 8.24. The van der Waals surface area contributed by atoms with Crippen LogP contribution in [0.2, 0.25) is 0 Å². The SMILES string of the molecule is CC1CS(=O)(=O)CCN1CC1Cc2ccccc2CN1. The van der Waals surface area contributed by atoms with Gasteiger partial charge in [-0.25, -0.2) is 8.42 Å². The normalized spacial score (nSPS) is 29.9. The molecule has 0 saturated carbocycles. The van der Waals surface area contributed by atoms with Crippen molar-refractivity contribution in [3.8, 4) is 0 Å². The fourth-order valence-corrected chi connectivity index (χ4v) is 4.86. The van der Waals surface area contributed by atoms with Crippen LogP contribution in [0.5, 0.6) is 0 Å². The first-order valence-electron chi connectivity index (χ1n) is 7.28. The van der Waals surface area contributed by atoms with Gasteiger partial charge in [0.2, 0.25) is 0 Å². The van der Waals surface area contributed by atoms with E-state index in [1.807, 2.05) is 6.92 Å². The molecule has 1 aromatic rings. The molecular weight excluding hydrogens is 272 g/mol. The van der Waals surface area contributed by atoms with E-state index in [1.54, 1.807) is 0 Å². The molecule has 0 aromatic heterocycles. The Morgan fingerprint density at radius 2 is 2.05 bits per heavy atom. The number of hydrogen-bond acceptors (Lipinski definition) is 4. The van der Waals surface area contributed by atoms with Crippen molar-refractivity contribution >= 4 is 9.84 Å².